The number of para-hydroxylation sites is 1. The smallest absolute Gasteiger partial charge is 0.221 e. The highest BCUT2D eigenvalue weighted by Gasteiger charge is 2.09. The number of pyridine rings is 1. The number of rotatable bonds is 2. The van der Waals surface area contributed by atoms with Crippen molar-refractivity contribution >= 4 is 42.8 Å². The second kappa shape index (κ2) is 5.84. The van der Waals surface area contributed by atoms with E-state index in [0.717, 1.165) is 19.8 Å². The molecule has 21 heavy (non-hydrogen) atoms. The van der Waals surface area contributed by atoms with Gasteiger partial charge in [0, 0.05) is 15.9 Å². The Hall–Kier alpha value is -1.90. The molecule has 0 N–H and O–H groups in total. The highest BCUT2D eigenvalue weighted by Crippen LogP contribution is 2.32. The Morgan fingerprint density at radius 3 is 2.62 bits per heavy atom. The number of nitrogens with zero attached hydrogens (tertiary/aromatic N) is 2. The standard InChI is InChI=1S/C16H8Br2N2O/c17-11-5-6-15(13(18)8-11)21-16-7-10(9-19)12-3-1-2-4-14(12)20-16/h1-8H. The van der Waals surface area contributed by atoms with E-state index in [-0.39, 0.29) is 0 Å². The molecule has 0 spiro atoms. The summed E-state index contributed by atoms with van der Waals surface area (Å²) >= 11 is 6.83. The minimum absolute atomic E-state index is 0.397. The molecule has 0 atom stereocenters. The molecule has 3 aromatic rings. The zero-order valence-corrected chi connectivity index (χ0v) is 13.8. The van der Waals surface area contributed by atoms with Crippen LogP contribution in [0.2, 0.25) is 0 Å². The number of fused-ring (bicyclic) bond motifs is 1. The van der Waals surface area contributed by atoms with E-state index in [4.69, 9.17) is 4.74 Å². The van der Waals surface area contributed by atoms with Gasteiger partial charge in [0.25, 0.3) is 0 Å². The normalized spacial score (nSPS) is 10.3. The summed E-state index contributed by atoms with van der Waals surface area (Å²) in [5.74, 6) is 1.04. The van der Waals surface area contributed by atoms with Crippen LogP contribution in [0.1, 0.15) is 5.56 Å². The van der Waals surface area contributed by atoms with Crippen molar-refractivity contribution < 1.29 is 4.74 Å². The second-order valence-corrected chi connectivity index (χ2v) is 6.08. The summed E-state index contributed by atoms with van der Waals surface area (Å²) in [6.45, 7) is 0. The maximum absolute atomic E-state index is 9.27. The Morgan fingerprint density at radius 1 is 1.05 bits per heavy atom. The molecule has 0 bridgehead atoms. The summed E-state index contributed by atoms with van der Waals surface area (Å²) in [5.41, 5.74) is 1.28. The first kappa shape index (κ1) is 14.1. The molecule has 0 aliphatic rings. The van der Waals surface area contributed by atoms with Gasteiger partial charge in [0.15, 0.2) is 0 Å². The Balaban J connectivity index is 2.07. The average Bonchev–Trinajstić information content (AvgIpc) is 2.49. The molecule has 0 fully saturated rings. The van der Waals surface area contributed by atoms with Gasteiger partial charge in [-0.3, -0.25) is 0 Å². The minimum Gasteiger partial charge on any atom is -0.438 e. The lowest BCUT2D eigenvalue weighted by atomic mass is 10.1. The summed E-state index contributed by atoms with van der Waals surface area (Å²) in [4.78, 5) is 4.44. The maximum Gasteiger partial charge on any atom is 0.221 e. The van der Waals surface area contributed by atoms with Crippen molar-refractivity contribution in [3.63, 3.8) is 0 Å². The van der Waals surface area contributed by atoms with Gasteiger partial charge in [-0.15, -0.1) is 0 Å². The first-order valence-electron chi connectivity index (χ1n) is 6.10. The zero-order valence-electron chi connectivity index (χ0n) is 10.7. The Labute approximate surface area is 138 Å². The predicted octanol–water partition coefficient (Wildman–Crippen LogP) is 5.42. The summed E-state index contributed by atoms with van der Waals surface area (Å²) < 4.78 is 7.55. The summed E-state index contributed by atoms with van der Waals surface area (Å²) in [5, 5.41) is 10.1. The lowest BCUT2D eigenvalue weighted by molar-refractivity contribution is 0.462. The molecule has 1 aromatic heterocycles. The van der Waals surface area contributed by atoms with Gasteiger partial charge in [-0.05, 0) is 40.2 Å². The summed E-state index contributed by atoms with van der Waals surface area (Å²) in [7, 11) is 0. The topological polar surface area (TPSA) is 45.9 Å². The molecule has 5 heteroatoms. The Bertz CT molecular complexity index is 872. The van der Waals surface area contributed by atoms with Crippen molar-refractivity contribution in [2.45, 2.75) is 0 Å². The van der Waals surface area contributed by atoms with E-state index in [0.29, 0.717) is 17.2 Å². The third-order valence-corrected chi connectivity index (χ3v) is 4.03. The molecule has 0 aliphatic carbocycles. The summed E-state index contributed by atoms with van der Waals surface area (Å²) in [6, 6.07) is 16.9. The van der Waals surface area contributed by atoms with Gasteiger partial charge in [-0.1, -0.05) is 34.1 Å². The molecule has 3 nitrogen and oxygen atoms in total. The van der Waals surface area contributed by atoms with Crippen molar-refractivity contribution in [3.05, 3.63) is 63.0 Å². The van der Waals surface area contributed by atoms with E-state index in [1.54, 1.807) is 6.07 Å². The first-order valence-corrected chi connectivity index (χ1v) is 7.69. The molecule has 0 unspecified atom stereocenters. The van der Waals surface area contributed by atoms with Gasteiger partial charge >= 0.3 is 0 Å². The number of hydrogen-bond donors (Lipinski definition) is 0. The third kappa shape index (κ3) is 2.92. The largest absolute Gasteiger partial charge is 0.438 e. The molecule has 2 aromatic carbocycles. The van der Waals surface area contributed by atoms with Gasteiger partial charge in [-0.2, -0.15) is 5.26 Å². The molecule has 0 aliphatic heterocycles. The monoisotopic (exact) mass is 402 g/mol. The minimum atomic E-state index is 0.397. The van der Waals surface area contributed by atoms with E-state index < -0.39 is 0 Å². The van der Waals surface area contributed by atoms with Gasteiger partial charge in [-0.25, -0.2) is 4.98 Å². The van der Waals surface area contributed by atoms with Crippen LogP contribution in [0.5, 0.6) is 11.6 Å². The molecule has 0 saturated heterocycles. The number of benzene rings is 2. The number of hydrogen-bond acceptors (Lipinski definition) is 3. The van der Waals surface area contributed by atoms with E-state index in [1.807, 2.05) is 42.5 Å². The quantitative estimate of drug-likeness (QED) is 0.573. The van der Waals surface area contributed by atoms with Gasteiger partial charge in [0.05, 0.1) is 15.6 Å². The molecule has 1 heterocycles. The van der Waals surface area contributed by atoms with E-state index in [2.05, 4.69) is 42.9 Å². The van der Waals surface area contributed by atoms with Gasteiger partial charge in [0.2, 0.25) is 5.88 Å². The molecule has 0 radical (unpaired) electrons. The van der Waals surface area contributed by atoms with Crippen molar-refractivity contribution in [1.29, 1.82) is 5.26 Å². The van der Waals surface area contributed by atoms with Crippen LogP contribution in [0, 0.1) is 11.3 Å². The van der Waals surface area contributed by atoms with Gasteiger partial charge < -0.3 is 4.74 Å². The van der Waals surface area contributed by atoms with E-state index in [1.165, 1.54) is 0 Å². The van der Waals surface area contributed by atoms with Crippen molar-refractivity contribution in [2.75, 3.05) is 0 Å². The first-order chi connectivity index (χ1) is 10.2. The van der Waals surface area contributed by atoms with Crippen LogP contribution in [0.4, 0.5) is 0 Å². The van der Waals surface area contributed by atoms with Crippen LogP contribution < -0.4 is 4.74 Å². The van der Waals surface area contributed by atoms with E-state index >= 15 is 0 Å². The molecule has 3 rings (SSSR count). The Kier molecular flexibility index (Phi) is 3.91. The second-order valence-electron chi connectivity index (χ2n) is 4.31. The molecule has 0 amide bonds. The average molecular weight is 404 g/mol. The summed E-state index contributed by atoms with van der Waals surface area (Å²) in [6.07, 6.45) is 0. The lowest BCUT2D eigenvalue weighted by Crippen LogP contribution is -1.92. The SMILES string of the molecule is N#Cc1cc(Oc2ccc(Br)cc2Br)nc2ccccc12. The fraction of sp³-hybridized carbons (Fsp3) is 0. The lowest BCUT2D eigenvalue weighted by Gasteiger charge is -2.09. The predicted molar refractivity (Wildman–Crippen MR) is 88.4 cm³/mol. The van der Waals surface area contributed by atoms with Crippen LogP contribution in [-0.4, -0.2) is 4.98 Å². The van der Waals surface area contributed by atoms with Crippen molar-refractivity contribution in [1.82, 2.24) is 4.98 Å². The fourth-order valence-corrected chi connectivity index (χ4v) is 3.09. The number of nitriles is 1. The van der Waals surface area contributed by atoms with Crippen LogP contribution in [0.3, 0.4) is 0 Å². The Morgan fingerprint density at radius 2 is 1.86 bits per heavy atom. The molecular weight excluding hydrogens is 396 g/mol. The number of ether oxygens (including phenoxy) is 1. The highest BCUT2D eigenvalue weighted by molar-refractivity contribution is 9.11. The maximum atomic E-state index is 9.27. The van der Waals surface area contributed by atoms with Crippen LogP contribution in [-0.2, 0) is 0 Å². The van der Waals surface area contributed by atoms with Crippen LogP contribution in [0.15, 0.2) is 57.5 Å². The van der Waals surface area contributed by atoms with Crippen LogP contribution >= 0.6 is 31.9 Å². The fourth-order valence-electron chi connectivity index (χ4n) is 1.97. The van der Waals surface area contributed by atoms with Gasteiger partial charge in [0.1, 0.15) is 11.8 Å². The molecular formula is C16H8Br2N2O. The zero-order chi connectivity index (χ0) is 14.8. The molecule has 102 valence electrons. The van der Waals surface area contributed by atoms with Crippen molar-refractivity contribution in [3.8, 4) is 17.7 Å². The van der Waals surface area contributed by atoms with Crippen LogP contribution in [0.25, 0.3) is 10.9 Å². The third-order valence-electron chi connectivity index (χ3n) is 2.92. The van der Waals surface area contributed by atoms with E-state index in [9.17, 15) is 5.26 Å². The highest BCUT2D eigenvalue weighted by atomic mass is 79.9. The number of halogens is 2. The van der Waals surface area contributed by atoms with Crippen molar-refractivity contribution in [2.24, 2.45) is 0 Å². The molecule has 0 saturated carbocycles. The number of aromatic nitrogens is 1.